The van der Waals surface area contributed by atoms with Crippen molar-refractivity contribution in [2.75, 3.05) is 0 Å². The summed E-state index contributed by atoms with van der Waals surface area (Å²) in [5, 5.41) is 9.11. The average molecular weight is 273 g/mol. The SMILES string of the molecule is C=CCC1C(=O)c2ccccc2Cc2ccc(C#N)cc21. The molecule has 0 N–H and O–H groups in total. The van der Waals surface area contributed by atoms with Crippen molar-refractivity contribution in [1.82, 2.24) is 0 Å². The summed E-state index contributed by atoms with van der Waals surface area (Å²) in [6, 6.07) is 15.6. The van der Waals surface area contributed by atoms with Gasteiger partial charge in [0.2, 0.25) is 0 Å². The molecule has 1 aliphatic carbocycles. The maximum atomic E-state index is 12.9. The molecular weight excluding hydrogens is 258 g/mol. The predicted octanol–water partition coefficient (Wildman–Crippen LogP) is 4.01. The molecule has 102 valence electrons. The van der Waals surface area contributed by atoms with E-state index in [0.717, 1.165) is 28.7 Å². The van der Waals surface area contributed by atoms with E-state index < -0.39 is 0 Å². The minimum Gasteiger partial charge on any atom is -0.293 e. The molecule has 0 saturated heterocycles. The van der Waals surface area contributed by atoms with E-state index in [4.69, 9.17) is 5.26 Å². The topological polar surface area (TPSA) is 40.9 Å². The third kappa shape index (κ3) is 2.28. The van der Waals surface area contributed by atoms with Gasteiger partial charge >= 0.3 is 0 Å². The summed E-state index contributed by atoms with van der Waals surface area (Å²) in [6.07, 6.45) is 3.10. The number of benzene rings is 2. The van der Waals surface area contributed by atoms with E-state index in [9.17, 15) is 4.79 Å². The first-order valence-electron chi connectivity index (χ1n) is 7.00. The maximum Gasteiger partial charge on any atom is 0.170 e. The Morgan fingerprint density at radius 1 is 1.24 bits per heavy atom. The van der Waals surface area contributed by atoms with Gasteiger partial charge in [-0.15, -0.1) is 6.58 Å². The largest absolute Gasteiger partial charge is 0.293 e. The molecule has 1 atom stereocenters. The zero-order valence-electron chi connectivity index (χ0n) is 11.7. The Kier molecular flexibility index (Phi) is 3.41. The van der Waals surface area contributed by atoms with Gasteiger partial charge in [0, 0.05) is 5.56 Å². The second-order valence-corrected chi connectivity index (χ2v) is 5.30. The minimum absolute atomic E-state index is 0.124. The molecule has 0 radical (unpaired) electrons. The molecule has 0 aliphatic heterocycles. The summed E-state index contributed by atoms with van der Waals surface area (Å²) in [5.74, 6) is -0.117. The Morgan fingerprint density at radius 3 is 2.81 bits per heavy atom. The van der Waals surface area contributed by atoms with Gasteiger partial charge in [0.05, 0.1) is 17.6 Å². The number of hydrogen-bond donors (Lipinski definition) is 0. The van der Waals surface area contributed by atoms with Crippen molar-refractivity contribution < 1.29 is 4.79 Å². The van der Waals surface area contributed by atoms with Crippen LogP contribution in [0, 0.1) is 11.3 Å². The first-order valence-corrected chi connectivity index (χ1v) is 7.00. The van der Waals surface area contributed by atoms with Crippen LogP contribution < -0.4 is 0 Å². The van der Waals surface area contributed by atoms with Gasteiger partial charge < -0.3 is 0 Å². The first-order chi connectivity index (χ1) is 10.2. The van der Waals surface area contributed by atoms with Crippen molar-refractivity contribution in [3.8, 4) is 6.07 Å². The molecule has 2 aromatic carbocycles. The third-order valence-corrected chi connectivity index (χ3v) is 4.03. The van der Waals surface area contributed by atoms with E-state index in [-0.39, 0.29) is 11.7 Å². The zero-order valence-corrected chi connectivity index (χ0v) is 11.7. The molecule has 0 heterocycles. The standard InChI is InChI=1S/C19H15NO/c1-2-5-17-18-10-13(12-20)8-9-15(18)11-14-6-3-4-7-16(14)19(17)21/h2-4,6-10,17H,1,5,11H2. The van der Waals surface area contributed by atoms with Crippen LogP contribution in [0.25, 0.3) is 0 Å². The zero-order chi connectivity index (χ0) is 14.8. The summed E-state index contributed by atoms with van der Waals surface area (Å²) >= 11 is 0. The Labute approximate surface area is 124 Å². The van der Waals surface area contributed by atoms with Gasteiger partial charge in [-0.3, -0.25) is 4.79 Å². The van der Waals surface area contributed by atoms with Crippen LogP contribution in [-0.2, 0) is 6.42 Å². The highest BCUT2D eigenvalue weighted by molar-refractivity contribution is 6.03. The number of nitrogens with zero attached hydrogens (tertiary/aromatic N) is 1. The van der Waals surface area contributed by atoms with Crippen LogP contribution in [0.15, 0.2) is 55.1 Å². The Bertz CT molecular complexity index is 767. The van der Waals surface area contributed by atoms with E-state index >= 15 is 0 Å². The van der Waals surface area contributed by atoms with E-state index in [1.165, 1.54) is 0 Å². The maximum absolute atomic E-state index is 12.9. The van der Waals surface area contributed by atoms with E-state index in [2.05, 4.69) is 12.6 Å². The van der Waals surface area contributed by atoms with Gasteiger partial charge in [-0.2, -0.15) is 5.26 Å². The number of fused-ring (bicyclic) bond motifs is 2. The number of nitriles is 1. The number of hydrogen-bond acceptors (Lipinski definition) is 2. The van der Waals surface area contributed by atoms with Gasteiger partial charge in [0.25, 0.3) is 0 Å². The van der Waals surface area contributed by atoms with Crippen LogP contribution >= 0.6 is 0 Å². The molecule has 0 fully saturated rings. The highest BCUT2D eigenvalue weighted by atomic mass is 16.1. The van der Waals surface area contributed by atoms with Crippen molar-refractivity contribution in [2.24, 2.45) is 0 Å². The molecule has 0 amide bonds. The fourth-order valence-electron chi connectivity index (χ4n) is 3.00. The fourth-order valence-corrected chi connectivity index (χ4v) is 3.00. The Balaban J connectivity index is 2.23. The summed E-state index contributed by atoms with van der Waals surface area (Å²) in [4.78, 5) is 12.9. The molecule has 0 saturated carbocycles. The number of carbonyl (C=O) groups excluding carboxylic acids is 1. The van der Waals surface area contributed by atoms with Crippen LogP contribution in [0.3, 0.4) is 0 Å². The van der Waals surface area contributed by atoms with E-state index in [0.29, 0.717) is 12.0 Å². The van der Waals surface area contributed by atoms with Crippen LogP contribution in [0.5, 0.6) is 0 Å². The molecule has 21 heavy (non-hydrogen) atoms. The molecule has 0 spiro atoms. The second kappa shape index (κ2) is 5.38. The number of Topliss-reactive ketones (excluding diaryl/α,β-unsaturated/α-hetero) is 1. The highest BCUT2D eigenvalue weighted by Gasteiger charge is 2.28. The Hall–Kier alpha value is -2.66. The monoisotopic (exact) mass is 273 g/mol. The summed E-state index contributed by atoms with van der Waals surface area (Å²) in [7, 11) is 0. The van der Waals surface area contributed by atoms with Gasteiger partial charge in [-0.25, -0.2) is 0 Å². The highest BCUT2D eigenvalue weighted by Crippen LogP contribution is 2.34. The van der Waals surface area contributed by atoms with Crippen LogP contribution in [0.1, 0.15) is 45.0 Å². The van der Waals surface area contributed by atoms with Gasteiger partial charge in [0.1, 0.15) is 0 Å². The smallest absolute Gasteiger partial charge is 0.170 e. The van der Waals surface area contributed by atoms with Gasteiger partial charge in [-0.05, 0) is 41.7 Å². The second-order valence-electron chi connectivity index (χ2n) is 5.30. The van der Waals surface area contributed by atoms with E-state index in [1.807, 2.05) is 42.5 Å². The van der Waals surface area contributed by atoms with E-state index in [1.54, 1.807) is 6.08 Å². The average Bonchev–Trinajstić information content (AvgIpc) is 2.63. The van der Waals surface area contributed by atoms with Gasteiger partial charge in [0.15, 0.2) is 5.78 Å². The van der Waals surface area contributed by atoms with Crippen molar-refractivity contribution in [3.05, 3.63) is 82.9 Å². The summed E-state index contributed by atoms with van der Waals surface area (Å²) in [5.41, 5.74) is 4.54. The normalized spacial score (nSPS) is 16.3. The number of allylic oxidation sites excluding steroid dienone is 1. The lowest BCUT2D eigenvalue weighted by atomic mass is 9.87. The van der Waals surface area contributed by atoms with Crippen molar-refractivity contribution in [1.29, 1.82) is 5.26 Å². The molecule has 1 unspecified atom stereocenters. The number of rotatable bonds is 2. The molecule has 0 bridgehead atoms. The summed E-state index contributed by atoms with van der Waals surface area (Å²) in [6.45, 7) is 3.77. The lowest BCUT2D eigenvalue weighted by molar-refractivity contribution is 0.0960. The molecule has 1 aliphatic rings. The van der Waals surface area contributed by atoms with Crippen molar-refractivity contribution in [2.45, 2.75) is 18.8 Å². The number of ketones is 1. The quantitative estimate of drug-likeness (QED) is 0.776. The third-order valence-electron chi connectivity index (χ3n) is 4.03. The minimum atomic E-state index is -0.241. The van der Waals surface area contributed by atoms with Crippen LogP contribution in [-0.4, -0.2) is 5.78 Å². The molecule has 2 heteroatoms. The molecule has 3 rings (SSSR count). The van der Waals surface area contributed by atoms with Crippen molar-refractivity contribution in [3.63, 3.8) is 0 Å². The first kappa shape index (κ1) is 13.3. The lowest BCUT2D eigenvalue weighted by Crippen LogP contribution is -2.12. The van der Waals surface area contributed by atoms with Gasteiger partial charge in [-0.1, -0.05) is 36.4 Å². The summed E-state index contributed by atoms with van der Waals surface area (Å²) < 4.78 is 0. The van der Waals surface area contributed by atoms with Crippen LogP contribution in [0.4, 0.5) is 0 Å². The van der Waals surface area contributed by atoms with Crippen molar-refractivity contribution >= 4 is 5.78 Å². The molecular formula is C19H15NO. The molecule has 2 aromatic rings. The van der Waals surface area contributed by atoms with Crippen LogP contribution in [0.2, 0.25) is 0 Å². The fraction of sp³-hybridized carbons (Fsp3) is 0.158. The predicted molar refractivity (Wildman–Crippen MR) is 82.3 cm³/mol. The molecule has 0 aromatic heterocycles. The molecule has 2 nitrogen and oxygen atoms in total. The Morgan fingerprint density at radius 2 is 2.05 bits per heavy atom. The lowest BCUT2D eigenvalue weighted by Gasteiger charge is -2.15. The number of carbonyl (C=O) groups is 1.